The van der Waals surface area contributed by atoms with E-state index in [4.69, 9.17) is 18.9 Å². The standard InChI is InChI=1S/C28H38O10/c1-12-17-9-19(35-13(2)29)21-27(8)11-18(33)24(37-15(4)31)26(6,7)22(27)20(36-14(3)30)25(38-16(5)32)28(21,10-17)23(12)34/h17-22,24-25,33H,1,9-11H2,2-8H3/t17-,18+,19+,20-,21+,22-,24+,25+,27+,28+/m1/s1. The van der Waals surface area contributed by atoms with Gasteiger partial charge in [0.2, 0.25) is 0 Å². The molecule has 0 heterocycles. The van der Waals surface area contributed by atoms with Crippen LogP contribution in [-0.4, -0.2) is 65.3 Å². The van der Waals surface area contributed by atoms with Crippen molar-refractivity contribution in [3.05, 3.63) is 12.2 Å². The van der Waals surface area contributed by atoms with Crippen LogP contribution in [0.1, 0.15) is 67.7 Å². The Balaban J connectivity index is 2.03. The molecule has 10 atom stereocenters. The summed E-state index contributed by atoms with van der Waals surface area (Å²) in [6.45, 7) is 14.5. The van der Waals surface area contributed by atoms with E-state index in [0.29, 0.717) is 12.0 Å². The van der Waals surface area contributed by atoms with E-state index in [9.17, 15) is 29.1 Å². The Hall–Kier alpha value is -2.75. The second-order valence-corrected chi connectivity index (χ2v) is 12.4. The summed E-state index contributed by atoms with van der Waals surface area (Å²) in [5.41, 5.74) is -3.02. The van der Waals surface area contributed by atoms with Crippen molar-refractivity contribution >= 4 is 29.7 Å². The van der Waals surface area contributed by atoms with E-state index in [2.05, 4.69) is 6.58 Å². The molecule has 0 amide bonds. The molecule has 0 aliphatic heterocycles. The maximum Gasteiger partial charge on any atom is 0.303 e. The number of ketones is 1. The molecule has 10 heteroatoms. The lowest BCUT2D eigenvalue weighted by molar-refractivity contribution is -0.300. The first-order valence-electron chi connectivity index (χ1n) is 13.1. The third-order valence-corrected chi connectivity index (χ3v) is 9.53. The van der Waals surface area contributed by atoms with Crippen molar-refractivity contribution in [2.75, 3.05) is 0 Å². The summed E-state index contributed by atoms with van der Waals surface area (Å²) >= 11 is 0. The van der Waals surface area contributed by atoms with Crippen molar-refractivity contribution in [3.8, 4) is 0 Å². The summed E-state index contributed by atoms with van der Waals surface area (Å²) in [4.78, 5) is 63.5. The van der Waals surface area contributed by atoms with Gasteiger partial charge in [0.15, 0.2) is 11.9 Å². The summed E-state index contributed by atoms with van der Waals surface area (Å²) in [7, 11) is 0. The number of hydrogen-bond donors (Lipinski definition) is 1. The minimum atomic E-state index is -1.39. The molecule has 0 unspecified atom stereocenters. The molecule has 0 radical (unpaired) electrons. The molecule has 0 aromatic rings. The molecule has 38 heavy (non-hydrogen) atoms. The first-order chi connectivity index (χ1) is 17.5. The molecule has 1 spiro atoms. The smallest absolute Gasteiger partial charge is 0.303 e. The van der Waals surface area contributed by atoms with Gasteiger partial charge in [0, 0.05) is 44.9 Å². The Morgan fingerprint density at radius 2 is 1.34 bits per heavy atom. The Bertz CT molecular complexity index is 1090. The minimum absolute atomic E-state index is 0.0677. The highest BCUT2D eigenvalue weighted by molar-refractivity contribution is 6.04. The zero-order valence-corrected chi connectivity index (χ0v) is 23.1. The summed E-state index contributed by atoms with van der Waals surface area (Å²) in [5, 5.41) is 11.4. The van der Waals surface area contributed by atoms with Gasteiger partial charge in [-0.15, -0.1) is 0 Å². The Morgan fingerprint density at radius 1 is 0.816 bits per heavy atom. The van der Waals surface area contributed by atoms with Crippen molar-refractivity contribution < 1.29 is 48.0 Å². The van der Waals surface area contributed by atoms with Gasteiger partial charge < -0.3 is 24.1 Å². The van der Waals surface area contributed by atoms with Gasteiger partial charge in [-0.2, -0.15) is 0 Å². The molecule has 0 aromatic carbocycles. The topological polar surface area (TPSA) is 143 Å². The quantitative estimate of drug-likeness (QED) is 0.324. The summed E-state index contributed by atoms with van der Waals surface area (Å²) < 4.78 is 23.3. The number of fused-ring (bicyclic) bond motifs is 3. The monoisotopic (exact) mass is 534 g/mol. The average molecular weight is 535 g/mol. The lowest BCUT2D eigenvalue weighted by Crippen LogP contribution is -2.76. The summed E-state index contributed by atoms with van der Waals surface area (Å²) in [5.74, 6) is -4.38. The van der Waals surface area contributed by atoms with E-state index >= 15 is 0 Å². The number of aliphatic hydroxyl groups is 1. The highest BCUT2D eigenvalue weighted by atomic mass is 16.6. The SMILES string of the molecule is C=C1C(=O)[C@]23C[C@H]1C[C@H](OC(C)=O)[C@H]2[C@]1(C)C[C@H](O)[C@H](OC(C)=O)C(C)(C)[C@H]1[C@@H](OC(C)=O)[C@@H]3OC(C)=O. The van der Waals surface area contributed by atoms with Gasteiger partial charge in [0.25, 0.3) is 0 Å². The molecule has 210 valence electrons. The van der Waals surface area contributed by atoms with Crippen LogP contribution < -0.4 is 0 Å². The van der Waals surface area contributed by atoms with Crippen molar-refractivity contribution in [3.63, 3.8) is 0 Å². The highest BCUT2D eigenvalue weighted by Crippen LogP contribution is 2.72. The second kappa shape index (κ2) is 9.17. The lowest BCUT2D eigenvalue weighted by atomic mass is 9.38. The fourth-order valence-corrected chi connectivity index (χ4v) is 8.99. The van der Waals surface area contributed by atoms with Crippen molar-refractivity contribution in [2.24, 2.45) is 34.0 Å². The van der Waals surface area contributed by atoms with Crippen LogP contribution in [0.25, 0.3) is 0 Å². The number of hydrogen-bond acceptors (Lipinski definition) is 10. The van der Waals surface area contributed by atoms with E-state index < -0.39 is 82.5 Å². The first-order valence-corrected chi connectivity index (χ1v) is 13.1. The molecule has 4 aliphatic carbocycles. The molecule has 4 saturated carbocycles. The molecule has 2 bridgehead atoms. The van der Waals surface area contributed by atoms with Gasteiger partial charge in [-0.25, -0.2) is 0 Å². The van der Waals surface area contributed by atoms with Crippen LogP contribution in [0.3, 0.4) is 0 Å². The van der Waals surface area contributed by atoms with Crippen molar-refractivity contribution in [1.82, 2.24) is 0 Å². The van der Waals surface area contributed by atoms with Crippen LogP contribution in [0.5, 0.6) is 0 Å². The van der Waals surface area contributed by atoms with Gasteiger partial charge in [-0.05, 0) is 36.2 Å². The van der Waals surface area contributed by atoms with Gasteiger partial charge in [0.05, 0.1) is 11.5 Å². The second-order valence-electron chi connectivity index (χ2n) is 12.4. The summed E-state index contributed by atoms with van der Waals surface area (Å²) in [6, 6.07) is 0. The van der Waals surface area contributed by atoms with E-state index in [1.807, 2.05) is 6.92 Å². The maximum absolute atomic E-state index is 14.2. The predicted octanol–water partition coefficient (Wildman–Crippen LogP) is 2.29. The van der Waals surface area contributed by atoms with Crippen LogP contribution in [0.2, 0.25) is 0 Å². The van der Waals surface area contributed by atoms with Gasteiger partial charge >= 0.3 is 23.9 Å². The van der Waals surface area contributed by atoms with E-state index in [1.54, 1.807) is 13.8 Å². The molecule has 4 fully saturated rings. The third-order valence-electron chi connectivity index (χ3n) is 9.53. The molecule has 4 aliphatic rings. The minimum Gasteiger partial charge on any atom is -0.462 e. The molecular formula is C28H38O10. The predicted molar refractivity (Wildman–Crippen MR) is 131 cm³/mol. The third kappa shape index (κ3) is 3.98. The molecular weight excluding hydrogens is 496 g/mol. The zero-order valence-electron chi connectivity index (χ0n) is 23.1. The zero-order chi connectivity index (χ0) is 28.5. The van der Waals surface area contributed by atoms with Crippen molar-refractivity contribution in [1.29, 1.82) is 0 Å². The Kier molecular flexibility index (Phi) is 6.82. The number of aliphatic hydroxyl groups excluding tert-OH is 1. The molecule has 0 aromatic heterocycles. The van der Waals surface area contributed by atoms with Crippen LogP contribution in [0, 0.1) is 34.0 Å². The fraction of sp³-hybridized carbons (Fsp3) is 0.750. The van der Waals surface area contributed by atoms with Crippen LogP contribution in [-0.2, 0) is 42.9 Å². The molecule has 4 rings (SSSR count). The maximum atomic E-state index is 14.2. The van der Waals surface area contributed by atoms with Gasteiger partial charge in [-0.3, -0.25) is 24.0 Å². The Morgan fingerprint density at radius 3 is 1.87 bits per heavy atom. The average Bonchev–Trinajstić information content (AvgIpc) is 2.93. The lowest BCUT2D eigenvalue weighted by Gasteiger charge is -2.68. The molecule has 0 saturated heterocycles. The normalized spacial score (nSPS) is 42.8. The molecule has 1 N–H and O–H groups in total. The fourth-order valence-electron chi connectivity index (χ4n) is 8.99. The van der Waals surface area contributed by atoms with Crippen LogP contribution >= 0.6 is 0 Å². The van der Waals surface area contributed by atoms with E-state index in [0.717, 1.165) is 0 Å². The number of ether oxygens (including phenoxy) is 4. The van der Waals surface area contributed by atoms with Crippen LogP contribution in [0.15, 0.2) is 12.2 Å². The van der Waals surface area contributed by atoms with E-state index in [-0.39, 0.29) is 24.5 Å². The Labute approximate surface area is 222 Å². The van der Waals surface area contributed by atoms with Crippen molar-refractivity contribution in [2.45, 2.75) is 98.2 Å². The number of esters is 4. The highest BCUT2D eigenvalue weighted by Gasteiger charge is 2.79. The van der Waals surface area contributed by atoms with E-state index in [1.165, 1.54) is 27.7 Å². The number of Topliss-reactive ketones (excluding diaryl/α,β-unsaturated/α-hetero) is 1. The number of rotatable bonds is 4. The number of allylic oxidation sites excluding steroid dienone is 1. The van der Waals surface area contributed by atoms with Crippen LogP contribution in [0.4, 0.5) is 0 Å². The number of carbonyl (C=O) groups excluding carboxylic acids is 5. The largest absolute Gasteiger partial charge is 0.462 e. The molecule has 10 nitrogen and oxygen atoms in total. The van der Waals surface area contributed by atoms with Gasteiger partial charge in [-0.1, -0.05) is 27.4 Å². The first kappa shape index (κ1) is 28.3. The number of carbonyl (C=O) groups is 5. The van der Waals surface area contributed by atoms with Gasteiger partial charge in [0.1, 0.15) is 18.3 Å². The summed E-state index contributed by atoms with van der Waals surface area (Å²) in [6.07, 6.45) is -4.43.